The standard InChI is InChI=1S/C7H5F3N4/c8-7(9,10)4-1-2-12-6-3-5(11)13-14(4)6/h1-3H,(H2,11,13). The van der Waals surface area contributed by atoms with Crippen LogP contribution in [0.2, 0.25) is 0 Å². The number of rotatable bonds is 0. The molecular weight excluding hydrogens is 197 g/mol. The third kappa shape index (κ3) is 1.26. The van der Waals surface area contributed by atoms with Crippen LogP contribution in [0.4, 0.5) is 19.0 Å². The number of hydrogen-bond donors (Lipinski definition) is 1. The Morgan fingerprint density at radius 1 is 1.36 bits per heavy atom. The summed E-state index contributed by atoms with van der Waals surface area (Å²) in [4.78, 5) is 3.70. The molecule has 0 spiro atoms. The molecule has 2 aromatic rings. The molecule has 0 aliphatic rings. The average Bonchev–Trinajstić information content (AvgIpc) is 2.41. The van der Waals surface area contributed by atoms with Crippen molar-refractivity contribution in [2.75, 3.05) is 5.73 Å². The summed E-state index contributed by atoms with van der Waals surface area (Å²) in [6, 6.07) is 2.12. The molecule has 7 heteroatoms. The molecule has 0 amide bonds. The van der Waals surface area contributed by atoms with Gasteiger partial charge in [-0.2, -0.15) is 13.2 Å². The zero-order valence-electron chi connectivity index (χ0n) is 6.78. The fourth-order valence-electron chi connectivity index (χ4n) is 1.13. The molecule has 0 saturated heterocycles. The molecule has 0 aliphatic carbocycles. The summed E-state index contributed by atoms with van der Waals surface area (Å²) < 4.78 is 37.9. The monoisotopic (exact) mass is 202 g/mol. The number of halogens is 3. The van der Waals surface area contributed by atoms with Gasteiger partial charge in [0.05, 0.1) is 0 Å². The van der Waals surface area contributed by atoms with E-state index >= 15 is 0 Å². The van der Waals surface area contributed by atoms with E-state index in [-0.39, 0.29) is 11.5 Å². The molecule has 0 saturated carbocycles. The van der Waals surface area contributed by atoms with Crippen molar-refractivity contribution in [2.24, 2.45) is 0 Å². The molecule has 2 rings (SSSR count). The Bertz CT molecular complexity index is 473. The molecule has 2 N–H and O–H groups in total. The van der Waals surface area contributed by atoms with Crippen molar-refractivity contribution in [2.45, 2.75) is 6.18 Å². The second-order valence-corrected chi connectivity index (χ2v) is 2.67. The summed E-state index contributed by atoms with van der Waals surface area (Å²) >= 11 is 0. The van der Waals surface area contributed by atoms with Crippen molar-refractivity contribution in [3.8, 4) is 0 Å². The van der Waals surface area contributed by atoms with Gasteiger partial charge in [0.2, 0.25) is 0 Å². The van der Waals surface area contributed by atoms with Crippen molar-refractivity contribution in [3.63, 3.8) is 0 Å². The number of anilines is 1. The van der Waals surface area contributed by atoms with Gasteiger partial charge < -0.3 is 5.73 Å². The molecule has 2 aromatic heterocycles. The van der Waals surface area contributed by atoms with Crippen LogP contribution in [0.1, 0.15) is 5.69 Å². The van der Waals surface area contributed by atoms with Gasteiger partial charge in [-0.3, -0.25) is 0 Å². The van der Waals surface area contributed by atoms with Crippen LogP contribution in [0.25, 0.3) is 5.65 Å². The Kier molecular flexibility index (Phi) is 1.63. The summed E-state index contributed by atoms with van der Waals surface area (Å²) in [5.74, 6) is 0.00852. The maximum absolute atomic E-state index is 12.4. The lowest BCUT2D eigenvalue weighted by Crippen LogP contribution is -2.12. The summed E-state index contributed by atoms with van der Waals surface area (Å²) in [6.45, 7) is 0. The minimum Gasteiger partial charge on any atom is -0.382 e. The summed E-state index contributed by atoms with van der Waals surface area (Å²) in [7, 11) is 0. The van der Waals surface area contributed by atoms with E-state index < -0.39 is 11.9 Å². The molecule has 4 nitrogen and oxygen atoms in total. The highest BCUT2D eigenvalue weighted by Gasteiger charge is 2.34. The third-order valence-corrected chi connectivity index (χ3v) is 1.67. The molecule has 0 atom stereocenters. The van der Waals surface area contributed by atoms with Crippen LogP contribution in [0.3, 0.4) is 0 Å². The highest BCUT2D eigenvalue weighted by Crippen LogP contribution is 2.28. The highest BCUT2D eigenvalue weighted by atomic mass is 19.4. The van der Waals surface area contributed by atoms with Crippen LogP contribution in [-0.2, 0) is 6.18 Å². The largest absolute Gasteiger partial charge is 0.433 e. The first-order valence-corrected chi connectivity index (χ1v) is 3.66. The molecule has 0 fully saturated rings. The molecule has 0 bridgehead atoms. The van der Waals surface area contributed by atoms with E-state index in [1.54, 1.807) is 0 Å². The van der Waals surface area contributed by atoms with Crippen molar-refractivity contribution in [3.05, 3.63) is 24.0 Å². The molecule has 14 heavy (non-hydrogen) atoms. The fourth-order valence-corrected chi connectivity index (χ4v) is 1.13. The lowest BCUT2D eigenvalue weighted by molar-refractivity contribution is -0.142. The van der Waals surface area contributed by atoms with Gasteiger partial charge in [0.25, 0.3) is 0 Å². The Labute approximate surface area is 76.2 Å². The van der Waals surface area contributed by atoms with Crippen LogP contribution >= 0.6 is 0 Å². The number of fused-ring (bicyclic) bond motifs is 1. The highest BCUT2D eigenvalue weighted by molar-refractivity contribution is 5.48. The van der Waals surface area contributed by atoms with Gasteiger partial charge in [-0.25, -0.2) is 9.50 Å². The number of nitrogen functional groups attached to an aromatic ring is 1. The quantitative estimate of drug-likeness (QED) is 0.701. The summed E-state index contributed by atoms with van der Waals surface area (Å²) in [5.41, 5.74) is 4.45. The average molecular weight is 202 g/mol. The van der Waals surface area contributed by atoms with E-state index in [0.29, 0.717) is 4.52 Å². The molecule has 2 heterocycles. The van der Waals surface area contributed by atoms with Gasteiger partial charge in [0, 0.05) is 12.3 Å². The third-order valence-electron chi connectivity index (χ3n) is 1.67. The Morgan fingerprint density at radius 3 is 2.71 bits per heavy atom. The van der Waals surface area contributed by atoms with E-state index in [0.717, 1.165) is 12.3 Å². The minimum absolute atomic E-state index is 0.00852. The molecule has 0 aromatic carbocycles. The smallest absolute Gasteiger partial charge is 0.382 e. The van der Waals surface area contributed by atoms with E-state index in [1.807, 2.05) is 0 Å². The van der Waals surface area contributed by atoms with Gasteiger partial charge in [-0.15, -0.1) is 5.10 Å². The van der Waals surface area contributed by atoms with Crippen LogP contribution in [0.15, 0.2) is 18.3 Å². The molecule has 0 unspecified atom stereocenters. The van der Waals surface area contributed by atoms with Crippen LogP contribution < -0.4 is 5.73 Å². The second kappa shape index (κ2) is 2.60. The van der Waals surface area contributed by atoms with Gasteiger partial charge in [0.15, 0.2) is 5.65 Å². The zero-order chi connectivity index (χ0) is 10.3. The first-order chi connectivity index (χ1) is 6.48. The van der Waals surface area contributed by atoms with E-state index in [2.05, 4.69) is 10.1 Å². The predicted octanol–water partition coefficient (Wildman–Crippen LogP) is 1.33. The first kappa shape index (κ1) is 8.79. The van der Waals surface area contributed by atoms with Gasteiger partial charge in [-0.05, 0) is 6.07 Å². The number of alkyl halides is 3. The van der Waals surface area contributed by atoms with Gasteiger partial charge in [-0.1, -0.05) is 0 Å². The SMILES string of the molecule is Nc1cc2nccc(C(F)(F)F)n2n1. The number of nitrogens with zero attached hydrogens (tertiary/aromatic N) is 3. The van der Waals surface area contributed by atoms with Crippen molar-refractivity contribution < 1.29 is 13.2 Å². The lowest BCUT2D eigenvalue weighted by atomic mass is 10.4. The Balaban J connectivity index is 2.77. The van der Waals surface area contributed by atoms with E-state index in [1.165, 1.54) is 6.07 Å². The molecule has 0 radical (unpaired) electrons. The van der Waals surface area contributed by atoms with E-state index in [9.17, 15) is 13.2 Å². The first-order valence-electron chi connectivity index (χ1n) is 3.66. The number of nitrogens with two attached hydrogens (primary N) is 1. The normalized spacial score (nSPS) is 12.2. The zero-order valence-corrected chi connectivity index (χ0v) is 6.78. The Hall–Kier alpha value is -1.79. The molecule has 0 aliphatic heterocycles. The van der Waals surface area contributed by atoms with Crippen LogP contribution in [-0.4, -0.2) is 14.6 Å². The van der Waals surface area contributed by atoms with Gasteiger partial charge >= 0.3 is 6.18 Å². The van der Waals surface area contributed by atoms with Crippen molar-refractivity contribution in [1.29, 1.82) is 0 Å². The lowest BCUT2D eigenvalue weighted by Gasteiger charge is -2.06. The molecular formula is C7H5F3N4. The Morgan fingerprint density at radius 2 is 2.07 bits per heavy atom. The van der Waals surface area contributed by atoms with Crippen molar-refractivity contribution >= 4 is 11.5 Å². The summed E-state index contributed by atoms with van der Waals surface area (Å²) in [6.07, 6.45) is -3.39. The number of aromatic nitrogens is 3. The minimum atomic E-state index is -4.46. The van der Waals surface area contributed by atoms with Gasteiger partial charge in [0.1, 0.15) is 11.5 Å². The topological polar surface area (TPSA) is 56.2 Å². The summed E-state index contributed by atoms with van der Waals surface area (Å²) in [5, 5.41) is 3.49. The maximum Gasteiger partial charge on any atom is 0.433 e. The maximum atomic E-state index is 12.4. The predicted molar refractivity (Wildman–Crippen MR) is 42.4 cm³/mol. The van der Waals surface area contributed by atoms with Crippen LogP contribution in [0, 0.1) is 0 Å². The fraction of sp³-hybridized carbons (Fsp3) is 0.143. The molecule has 74 valence electrons. The van der Waals surface area contributed by atoms with Crippen molar-refractivity contribution in [1.82, 2.24) is 14.6 Å². The second-order valence-electron chi connectivity index (χ2n) is 2.67. The van der Waals surface area contributed by atoms with Crippen LogP contribution in [0.5, 0.6) is 0 Å². The number of hydrogen-bond acceptors (Lipinski definition) is 3. The van der Waals surface area contributed by atoms with E-state index in [4.69, 9.17) is 5.73 Å².